The SMILES string of the molecule is NS(=O)(=O)OCCOc1ccc(Br)cc1. The van der Waals surface area contributed by atoms with Crippen molar-refractivity contribution >= 4 is 26.2 Å². The van der Waals surface area contributed by atoms with Crippen molar-refractivity contribution < 1.29 is 17.3 Å². The molecular formula is C8H10BrNO4S. The molecule has 5 nitrogen and oxygen atoms in total. The number of rotatable bonds is 5. The molecule has 1 aromatic rings. The highest BCUT2D eigenvalue weighted by atomic mass is 79.9. The Morgan fingerprint density at radius 3 is 2.33 bits per heavy atom. The largest absolute Gasteiger partial charge is 0.491 e. The van der Waals surface area contributed by atoms with Gasteiger partial charge in [0.1, 0.15) is 19.0 Å². The molecule has 0 amide bonds. The minimum absolute atomic E-state index is 0.102. The normalized spacial score (nSPS) is 11.3. The molecule has 15 heavy (non-hydrogen) atoms. The van der Waals surface area contributed by atoms with Crippen LogP contribution in [0.3, 0.4) is 0 Å². The van der Waals surface area contributed by atoms with E-state index in [1.165, 1.54) is 0 Å². The third kappa shape index (κ3) is 5.73. The Balaban J connectivity index is 2.29. The van der Waals surface area contributed by atoms with Crippen molar-refractivity contribution in [2.24, 2.45) is 5.14 Å². The van der Waals surface area contributed by atoms with E-state index in [-0.39, 0.29) is 13.2 Å². The molecule has 0 saturated carbocycles. The molecule has 0 bridgehead atoms. The molecule has 0 unspecified atom stereocenters. The smallest absolute Gasteiger partial charge is 0.333 e. The highest BCUT2D eigenvalue weighted by Gasteiger charge is 2.01. The molecule has 7 heteroatoms. The standard InChI is InChI=1S/C8H10BrNO4S/c9-7-1-3-8(4-2-7)13-5-6-14-15(10,11)12/h1-4H,5-6H2,(H2,10,11,12). The van der Waals surface area contributed by atoms with Gasteiger partial charge in [0.2, 0.25) is 0 Å². The van der Waals surface area contributed by atoms with E-state index in [0.29, 0.717) is 5.75 Å². The van der Waals surface area contributed by atoms with Crippen LogP contribution in [0.2, 0.25) is 0 Å². The second-order valence-corrected chi connectivity index (χ2v) is 4.75. The minimum Gasteiger partial charge on any atom is -0.491 e. The molecule has 1 aromatic carbocycles. The molecule has 0 atom stereocenters. The van der Waals surface area contributed by atoms with Crippen LogP contribution in [0.1, 0.15) is 0 Å². The zero-order chi connectivity index (χ0) is 11.3. The quantitative estimate of drug-likeness (QED) is 0.824. The van der Waals surface area contributed by atoms with Gasteiger partial charge in [0.15, 0.2) is 0 Å². The molecule has 0 fully saturated rings. The fraction of sp³-hybridized carbons (Fsp3) is 0.250. The van der Waals surface area contributed by atoms with E-state index in [1.54, 1.807) is 12.1 Å². The van der Waals surface area contributed by atoms with Gasteiger partial charge >= 0.3 is 10.3 Å². The summed E-state index contributed by atoms with van der Waals surface area (Å²) in [6.45, 7) is 0.0208. The van der Waals surface area contributed by atoms with E-state index < -0.39 is 10.3 Å². The molecular weight excluding hydrogens is 286 g/mol. The lowest BCUT2D eigenvalue weighted by Gasteiger charge is -2.05. The molecule has 0 radical (unpaired) electrons. The van der Waals surface area contributed by atoms with Gasteiger partial charge in [-0.2, -0.15) is 8.42 Å². The summed E-state index contributed by atoms with van der Waals surface area (Å²) >= 11 is 3.28. The number of ether oxygens (including phenoxy) is 1. The minimum atomic E-state index is -3.87. The van der Waals surface area contributed by atoms with Crippen molar-refractivity contribution in [3.8, 4) is 5.75 Å². The number of halogens is 1. The van der Waals surface area contributed by atoms with Crippen LogP contribution in [0.4, 0.5) is 0 Å². The average Bonchev–Trinajstić information content (AvgIpc) is 2.14. The molecule has 0 saturated heterocycles. The maximum Gasteiger partial charge on any atom is 0.333 e. The van der Waals surface area contributed by atoms with E-state index in [2.05, 4.69) is 25.3 Å². The van der Waals surface area contributed by atoms with E-state index in [1.807, 2.05) is 12.1 Å². The summed E-state index contributed by atoms with van der Waals surface area (Å²) in [4.78, 5) is 0. The van der Waals surface area contributed by atoms with Gasteiger partial charge in [0, 0.05) is 4.47 Å². The maximum atomic E-state index is 10.4. The van der Waals surface area contributed by atoms with Crippen molar-refractivity contribution in [2.45, 2.75) is 0 Å². The highest BCUT2D eigenvalue weighted by Crippen LogP contribution is 2.15. The van der Waals surface area contributed by atoms with Gasteiger partial charge in [-0.05, 0) is 24.3 Å². The maximum absolute atomic E-state index is 10.4. The molecule has 0 aliphatic carbocycles. The Morgan fingerprint density at radius 1 is 1.20 bits per heavy atom. The van der Waals surface area contributed by atoms with Crippen LogP contribution in [-0.4, -0.2) is 21.6 Å². The van der Waals surface area contributed by atoms with E-state index in [0.717, 1.165) is 4.47 Å². The second-order valence-electron chi connectivity index (χ2n) is 2.62. The number of benzene rings is 1. The van der Waals surface area contributed by atoms with Crippen molar-refractivity contribution in [1.82, 2.24) is 0 Å². The van der Waals surface area contributed by atoms with Crippen LogP contribution in [0, 0.1) is 0 Å². The molecule has 2 N–H and O–H groups in total. The van der Waals surface area contributed by atoms with Gasteiger partial charge < -0.3 is 4.74 Å². The Labute approximate surface area is 96.6 Å². The Kier molecular flexibility index (Phi) is 4.52. The van der Waals surface area contributed by atoms with Gasteiger partial charge in [-0.15, -0.1) is 0 Å². The van der Waals surface area contributed by atoms with Gasteiger partial charge in [-0.25, -0.2) is 5.14 Å². The van der Waals surface area contributed by atoms with Crippen molar-refractivity contribution in [3.63, 3.8) is 0 Å². The fourth-order valence-corrected chi connectivity index (χ4v) is 1.41. The molecule has 0 aliphatic heterocycles. The van der Waals surface area contributed by atoms with Crippen molar-refractivity contribution in [2.75, 3.05) is 13.2 Å². The third-order valence-electron chi connectivity index (χ3n) is 1.41. The van der Waals surface area contributed by atoms with E-state index in [9.17, 15) is 8.42 Å². The van der Waals surface area contributed by atoms with Gasteiger partial charge in [0.25, 0.3) is 0 Å². The molecule has 0 aromatic heterocycles. The summed E-state index contributed by atoms with van der Waals surface area (Å²) in [5, 5.41) is 4.62. The van der Waals surface area contributed by atoms with E-state index >= 15 is 0 Å². The van der Waals surface area contributed by atoms with Crippen LogP contribution in [0.5, 0.6) is 5.75 Å². The third-order valence-corrected chi connectivity index (χ3v) is 2.44. The predicted octanol–water partition coefficient (Wildman–Crippen LogP) is 1.05. The lowest BCUT2D eigenvalue weighted by Crippen LogP contribution is -2.19. The van der Waals surface area contributed by atoms with Crippen molar-refractivity contribution in [1.29, 1.82) is 0 Å². The predicted molar refractivity (Wildman–Crippen MR) is 58.7 cm³/mol. The zero-order valence-electron chi connectivity index (χ0n) is 7.72. The topological polar surface area (TPSA) is 78.6 Å². The molecule has 84 valence electrons. The average molecular weight is 296 g/mol. The van der Waals surface area contributed by atoms with Crippen LogP contribution < -0.4 is 9.88 Å². The first-order chi connectivity index (χ1) is 6.97. The first-order valence-corrected chi connectivity index (χ1v) is 6.29. The van der Waals surface area contributed by atoms with Crippen molar-refractivity contribution in [3.05, 3.63) is 28.7 Å². The summed E-state index contributed by atoms with van der Waals surface area (Å²) in [5.74, 6) is 0.635. The number of hydrogen-bond donors (Lipinski definition) is 1. The molecule has 0 heterocycles. The summed E-state index contributed by atoms with van der Waals surface area (Å²) in [7, 11) is -3.87. The lowest BCUT2D eigenvalue weighted by molar-refractivity contribution is 0.221. The van der Waals surface area contributed by atoms with Gasteiger partial charge in [-0.1, -0.05) is 15.9 Å². The Morgan fingerprint density at radius 2 is 1.80 bits per heavy atom. The summed E-state index contributed by atoms with van der Waals surface area (Å²) < 4.78 is 31.2. The second kappa shape index (κ2) is 5.45. The van der Waals surface area contributed by atoms with Crippen LogP contribution in [0.25, 0.3) is 0 Å². The van der Waals surface area contributed by atoms with Gasteiger partial charge in [-0.3, -0.25) is 4.18 Å². The van der Waals surface area contributed by atoms with Gasteiger partial charge in [0.05, 0.1) is 0 Å². The number of nitrogens with two attached hydrogens (primary N) is 1. The van der Waals surface area contributed by atoms with Crippen LogP contribution >= 0.6 is 15.9 Å². The highest BCUT2D eigenvalue weighted by molar-refractivity contribution is 9.10. The first kappa shape index (κ1) is 12.4. The summed E-state index contributed by atoms with van der Waals surface area (Å²) in [5.41, 5.74) is 0. The number of hydrogen-bond acceptors (Lipinski definition) is 4. The monoisotopic (exact) mass is 295 g/mol. The Hall–Kier alpha value is -0.630. The summed E-state index contributed by atoms with van der Waals surface area (Å²) in [6.07, 6.45) is 0. The first-order valence-electron chi connectivity index (χ1n) is 4.03. The summed E-state index contributed by atoms with van der Waals surface area (Å²) in [6, 6.07) is 7.13. The Bertz CT molecular complexity index is 403. The fourth-order valence-electron chi connectivity index (χ4n) is 0.841. The van der Waals surface area contributed by atoms with E-state index in [4.69, 9.17) is 4.74 Å². The lowest BCUT2D eigenvalue weighted by atomic mass is 10.3. The van der Waals surface area contributed by atoms with Crippen LogP contribution in [-0.2, 0) is 14.5 Å². The molecule has 0 aliphatic rings. The molecule has 0 spiro atoms. The zero-order valence-corrected chi connectivity index (χ0v) is 10.1. The van der Waals surface area contributed by atoms with Crippen LogP contribution in [0.15, 0.2) is 28.7 Å². The molecule has 1 rings (SSSR count).